The van der Waals surface area contributed by atoms with Gasteiger partial charge in [-0.2, -0.15) is 4.98 Å². The largest absolute Gasteiger partial charge is 0.496 e. The number of nitrogens with one attached hydrogen (secondary N) is 1. The van der Waals surface area contributed by atoms with Crippen molar-refractivity contribution in [1.29, 1.82) is 0 Å². The number of benzene rings is 1. The van der Waals surface area contributed by atoms with E-state index in [-0.39, 0.29) is 11.9 Å². The highest BCUT2D eigenvalue weighted by molar-refractivity contribution is 6.00. The molecule has 0 aliphatic heterocycles. The van der Waals surface area contributed by atoms with Gasteiger partial charge in [0.05, 0.1) is 27.4 Å². The van der Waals surface area contributed by atoms with Crippen molar-refractivity contribution in [2.75, 3.05) is 21.3 Å². The Balaban J connectivity index is 1.55. The second-order valence-electron chi connectivity index (χ2n) is 6.61. The molecule has 1 aliphatic rings. The Labute approximate surface area is 173 Å². The number of allylic oxidation sites excluding steroid dienone is 2. The average Bonchev–Trinajstić information content (AvgIpc) is 3.22. The lowest BCUT2D eigenvalue weighted by molar-refractivity contribution is 0.0938. The number of hydrogen-bond donors (Lipinski definition) is 1. The standard InChI is InChI=1S/C22H21N3O5/c1-27-15-11-17(28-2)19(18(12-15)29-3)21(26)24-14-7-4-6-13(10-14)22-25-20-16(30-22)8-5-9-23-20/h4-9,11-12,14H,10H2,1-3H3,(H,24,26). The van der Waals surface area contributed by atoms with Crippen LogP contribution in [0.4, 0.5) is 0 Å². The van der Waals surface area contributed by atoms with Gasteiger partial charge in [-0.25, -0.2) is 4.98 Å². The van der Waals surface area contributed by atoms with Crippen LogP contribution in [0.5, 0.6) is 17.2 Å². The monoisotopic (exact) mass is 407 g/mol. The van der Waals surface area contributed by atoms with Crippen molar-refractivity contribution >= 4 is 22.7 Å². The third-order valence-electron chi connectivity index (χ3n) is 4.78. The van der Waals surface area contributed by atoms with Gasteiger partial charge in [-0.3, -0.25) is 4.79 Å². The van der Waals surface area contributed by atoms with Crippen molar-refractivity contribution in [3.05, 3.63) is 60.1 Å². The van der Waals surface area contributed by atoms with Crippen molar-refractivity contribution in [2.45, 2.75) is 12.5 Å². The van der Waals surface area contributed by atoms with Crippen LogP contribution in [-0.4, -0.2) is 43.2 Å². The van der Waals surface area contributed by atoms with E-state index >= 15 is 0 Å². The summed E-state index contributed by atoms with van der Waals surface area (Å²) in [7, 11) is 4.53. The number of hydrogen-bond acceptors (Lipinski definition) is 7. The maximum atomic E-state index is 13.0. The Hall–Kier alpha value is -3.81. The van der Waals surface area contributed by atoms with Crippen LogP contribution < -0.4 is 19.5 Å². The fraction of sp³-hybridized carbons (Fsp3) is 0.227. The van der Waals surface area contributed by atoms with Crippen LogP contribution in [-0.2, 0) is 0 Å². The summed E-state index contributed by atoms with van der Waals surface area (Å²) in [5.74, 6) is 1.44. The minimum atomic E-state index is -0.318. The van der Waals surface area contributed by atoms with E-state index in [9.17, 15) is 4.79 Å². The Morgan fingerprint density at radius 1 is 1.17 bits per heavy atom. The number of rotatable bonds is 6. The maximum Gasteiger partial charge on any atom is 0.259 e. The highest BCUT2D eigenvalue weighted by Crippen LogP contribution is 2.34. The molecular weight excluding hydrogens is 386 g/mol. The fourth-order valence-electron chi connectivity index (χ4n) is 3.31. The van der Waals surface area contributed by atoms with Gasteiger partial charge in [0.2, 0.25) is 5.89 Å². The van der Waals surface area contributed by atoms with Crippen molar-refractivity contribution in [1.82, 2.24) is 15.3 Å². The number of methoxy groups -OCH3 is 3. The minimum Gasteiger partial charge on any atom is -0.496 e. The molecule has 1 N–H and O–H groups in total. The molecule has 0 saturated heterocycles. The summed E-state index contributed by atoms with van der Waals surface area (Å²) in [4.78, 5) is 21.7. The van der Waals surface area contributed by atoms with Gasteiger partial charge in [0.25, 0.3) is 5.91 Å². The molecule has 1 amide bonds. The predicted molar refractivity (Wildman–Crippen MR) is 111 cm³/mol. The lowest BCUT2D eigenvalue weighted by Gasteiger charge is -2.20. The van der Waals surface area contributed by atoms with Crippen LogP contribution in [0.1, 0.15) is 22.7 Å². The SMILES string of the molecule is COc1cc(OC)c(C(=O)NC2C=CC=C(c3nc4ncccc4o3)C2)c(OC)c1. The molecule has 30 heavy (non-hydrogen) atoms. The van der Waals surface area contributed by atoms with Crippen LogP contribution in [0.25, 0.3) is 16.8 Å². The zero-order valence-corrected chi connectivity index (χ0v) is 16.8. The molecule has 154 valence electrons. The average molecular weight is 407 g/mol. The van der Waals surface area contributed by atoms with E-state index in [2.05, 4.69) is 15.3 Å². The first-order chi connectivity index (χ1) is 14.6. The topological polar surface area (TPSA) is 95.7 Å². The van der Waals surface area contributed by atoms with Crippen LogP contribution in [0.3, 0.4) is 0 Å². The number of aromatic nitrogens is 2. The van der Waals surface area contributed by atoms with Crippen molar-refractivity contribution in [3.8, 4) is 17.2 Å². The van der Waals surface area contributed by atoms with Crippen molar-refractivity contribution < 1.29 is 23.4 Å². The predicted octanol–water partition coefficient (Wildman–Crippen LogP) is 3.39. The van der Waals surface area contributed by atoms with Gasteiger partial charge in [-0.1, -0.05) is 18.2 Å². The number of fused-ring (bicyclic) bond motifs is 1. The van der Waals surface area contributed by atoms with E-state index in [1.165, 1.54) is 21.3 Å². The van der Waals surface area contributed by atoms with E-state index in [0.29, 0.717) is 46.4 Å². The number of nitrogens with zero attached hydrogens (tertiary/aromatic N) is 2. The summed E-state index contributed by atoms with van der Waals surface area (Å²) >= 11 is 0. The molecule has 0 bridgehead atoms. The summed E-state index contributed by atoms with van der Waals surface area (Å²) in [6.45, 7) is 0. The lowest BCUT2D eigenvalue weighted by atomic mass is 10.00. The molecule has 1 aliphatic carbocycles. The summed E-state index contributed by atoms with van der Waals surface area (Å²) in [5, 5.41) is 3.00. The molecular formula is C22H21N3O5. The quantitative estimate of drug-likeness (QED) is 0.669. The van der Waals surface area contributed by atoms with Gasteiger partial charge in [0.15, 0.2) is 11.2 Å². The number of oxazole rings is 1. The Morgan fingerprint density at radius 2 is 1.93 bits per heavy atom. The van der Waals surface area contributed by atoms with E-state index < -0.39 is 0 Å². The number of carbonyl (C=O) groups excluding carboxylic acids is 1. The molecule has 8 heteroatoms. The number of amides is 1. The van der Waals surface area contributed by atoms with Gasteiger partial charge in [0.1, 0.15) is 22.8 Å². The van der Waals surface area contributed by atoms with Gasteiger partial charge >= 0.3 is 0 Å². The first-order valence-electron chi connectivity index (χ1n) is 9.33. The molecule has 0 fully saturated rings. The molecule has 2 aromatic heterocycles. The Kier molecular flexibility index (Phi) is 5.38. The summed E-state index contributed by atoms with van der Waals surface area (Å²) in [5.41, 5.74) is 2.35. The van der Waals surface area contributed by atoms with Crippen molar-refractivity contribution in [2.24, 2.45) is 0 Å². The second kappa shape index (κ2) is 8.28. The molecule has 1 aromatic carbocycles. The minimum absolute atomic E-state index is 0.253. The molecule has 0 radical (unpaired) electrons. The van der Waals surface area contributed by atoms with E-state index in [0.717, 1.165) is 5.57 Å². The van der Waals surface area contributed by atoms with Crippen LogP contribution in [0.2, 0.25) is 0 Å². The number of pyridine rings is 1. The second-order valence-corrected chi connectivity index (χ2v) is 6.61. The van der Waals surface area contributed by atoms with Gasteiger partial charge in [-0.15, -0.1) is 0 Å². The first-order valence-corrected chi connectivity index (χ1v) is 9.33. The summed E-state index contributed by atoms with van der Waals surface area (Å²) in [6.07, 6.45) is 7.89. The summed E-state index contributed by atoms with van der Waals surface area (Å²) < 4.78 is 21.8. The van der Waals surface area contributed by atoms with E-state index in [4.69, 9.17) is 18.6 Å². The Bertz CT molecular complexity index is 1090. The van der Waals surface area contributed by atoms with Gasteiger partial charge < -0.3 is 23.9 Å². The molecule has 1 atom stereocenters. The van der Waals surface area contributed by atoms with E-state index in [1.54, 1.807) is 24.4 Å². The van der Waals surface area contributed by atoms with Gasteiger partial charge in [0, 0.05) is 30.3 Å². The third-order valence-corrected chi connectivity index (χ3v) is 4.78. The van der Waals surface area contributed by atoms with Crippen LogP contribution in [0.15, 0.2) is 53.1 Å². The Morgan fingerprint density at radius 3 is 2.60 bits per heavy atom. The number of carbonyl (C=O) groups is 1. The van der Waals surface area contributed by atoms with Crippen molar-refractivity contribution in [3.63, 3.8) is 0 Å². The summed E-state index contributed by atoms with van der Waals surface area (Å²) in [6, 6.07) is 6.65. The molecule has 8 nitrogen and oxygen atoms in total. The molecule has 4 rings (SSSR count). The third kappa shape index (κ3) is 3.71. The highest BCUT2D eigenvalue weighted by atomic mass is 16.5. The zero-order chi connectivity index (χ0) is 21.1. The van der Waals surface area contributed by atoms with E-state index in [1.807, 2.05) is 24.3 Å². The maximum absolute atomic E-state index is 13.0. The lowest BCUT2D eigenvalue weighted by Crippen LogP contribution is -2.34. The normalized spacial score (nSPS) is 15.6. The number of ether oxygens (including phenoxy) is 3. The molecule has 3 aromatic rings. The first kappa shape index (κ1) is 19.5. The molecule has 0 spiro atoms. The smallest absolute Gasteiger partial charge is 0.259 e. The molecule has 1 unspecified atom stereocenters. The van der Waals surface area contributed by atoms with Gasteiger partial charge in [-0.05, 0) is 12.1 Å². The van der Waals surface area contributed by atoms with Crippen LogP contribution >= 0.6 is 0 Å². The fourth-order valence-corrected chi connectivity index (χ4v) is 3.31. The zero-order valence-electron chi connectivity index (χ0n) is 16.8. The van der Waals surface area contributed by atoms with Crippen LogP contribution in [0, 0.1) is 0 Å². The molecule has 0 saturated carbocycles. The highest BCUT2D eigenvalue weighted by Gasteiger charge is 2.24. The molecule has 2 heterocycles.